The van der Waals surface area contributed by atoms with Gasteiger partial charge in [0.05, 0.1) is 0 Å². The molecule has 1 aromatic rings. The lowest BCUT2D eigenvalue weighted by molar-refractivity contribution is 0.0818. The second kappa shape index (κ2) is 5.75. The maximum absolute atomic E-state index is 11.9. The van der Waals surface area contributed by atoms with Crippen LogP contribution in [0.5, 0.6) is 5.75 Å². The minimum Gasteiger partial charge on any atom is -0.487 e. The lowest BCUT2D eigenvalue weighted by atomic mass is 10.2. The van der Waals surface area contributed by atoms with Gasteiger partial charge in [-0.15, -0.1) is 0 Å². The Morgan fingerprint density at radius 2 is 2.07 bits per heavy atom. The highest BCUT2D eigenvalue weighted by Gasteiger charge is 2.05. The van der Waals surface area contributed by atoms with Crippen molar-refractivity contribution in [3.8, 4) is 5.75 Å². The molecule has 0 aliphatic rings. The molecule has 0 bridgehead atoms. The van der Waals surface area contributed by atoms with Gasteiger partial charge in [-0.05, 0) is 17.1 Å². The van der Waals surface area contributed by atoms with Crippen LogP contribution in [0.15, 0.2) is 29.3 Å². The average molecular weight is 263 g/mol. The molecule has 0 saturated carbocycles. The summed E-state index contributed by atoms with van der Waals surface area (Å²) in [7, 11) is 0. The minimum atomic E-state index is -2.45. The smallest absolute Gasteiger partial charge is 0.272 e. The number of para-hydroxylation sites is 1. The van der Waals surface area contributed by atoms with Crippen LogP contribution < -0.4 is 4.74 Å². The van der Waals surface area contributed by atoms with Gasteiger partial charge in [0.15, 0.2) is 0 Å². The highest BCUT2D eigenvalue weighted by atomic mass is 79.9. The molecule has 14 heavy (non-hydrogen) atoms. The van der Waals surface area contributed by atoms with Crippen molar-refractivity contribution in [2.24, 2.45) is 0 Å². The maximum atomic E-state index is 11.9. The van der Waals surface area contributed by atoms with E-state index in [4.69, 9.17) is 4.74 Å². The van der Waals surface area contributed by atoms with Crippen molar-refractivity contribution in [1.29, 1.82) is 0 Å². The molecule has 76 valence electrons. The second-order valence-electron chi connectivity index (χ2n) is 2.53. The van der Waals surface area contributed by atoms with Gasteiger partial charge in [-0.25, -0.2) is 8.78 Å². The summed E-state index contributed by atoms with van der Waals surface area (Å²) in [6.07, 6.45) is -0.711. The van der Waals surface area contributed by atoms with Gasteiger partial charge in [0.1, 0.15) is 12.4 Å². The fraction of sp³-hybridized carbons (Fsp3) is 0.200. The van der Waals surface area contributed by atoms with Crippen LogP contribution in [0, 0.1) is 0 Å². The van der Waals surface area contributed by atoms with E-state index in [0.717, 1.165) is 5.56 Å². The van der Waals surface area contributed by atoms with Gasteiger partial charge in [0.25, 0.3) is 6.43 Å². The molecule has 0 fully saturated rings. The van der Waals surface area contributed by atoms with E-state index in [1.54, 1.807) is 29.3 Å². The Bertz CT molecular complexity index is 313. The maximum Gasteiger partial charge on any atom is 0.272 e. The number of ether oxygens (including phenoxy) is 1. The number of hydrogen-bond acceptors (Lipinski definition) is 1. The number of halogens is 3. The van der Waals surface area contributed by atoms with Gasteiger partial charge in [-0.2, -0.15) is 0 Å². The van der Waals surface area contributed by atoms with Crippen molar-refractivity contribution in [2.45, 2.75) is 6.43 Å². The molecule has 0 spiro atoms. The number of hydrogen-bond donors (Lipinski definition) is 0. The van der Waals surface area contributed by atoms with Crippen molar-refractivity contribution in [1.82, 2.24) is 0 Å². The third kappa shape index (κ3) is 3.46. The quantitative estimate of drug-likeness (QED) is 0.804. The Morgan fingerprint density at radius 1 is 1.36 bits per heavy atom. The molecular weight excluding hydrogens is 254 g/mol. The summed E-state index contributed by atoms with van der Waals surface area (Å²) >= 11 is 3.12. The first-order valence-corrected chi connectivity index (χ1v) is 4.92. The van der Waals surface area contributed by atoms with E-state index in [-0.39, 0.29) is 0 Å². The van der Waals surface area contributed by atoms with Gasteiger partial charge in [0.2, 0.25) is 0 Å². The van der Waals surface area contributed by atoms with Crippen LogP contribution in [0.2, 0.25) is 0 Å². The van der Waals surface area contributed by atoms with E-state index in [1.165, 1.54) is 0 Å². The Hall–Kier alpha value is -0.900. The summed E-state index contributed by atoms with van der Waals surface area (Å²) in [5.74, 6) is 0.462. The molecule has 0 heterocycles. The first-order valence-electron chi connectivity index (χ1n) is 4.01. The van der Waals surface area contributed by atoms with E-state index < -0.39 is 13.0 Å². The van der Waals surface area contributed by atoms with Crippen molar-refractivity contribution in [3.05, 3.63) is 34.8 Å². The van der Waals surface area contributed by atoms with Crippen molar-refractivity contribution >= 4 is 22.0 Å². The zero-order chi connectivity index (χ0) is 10.4. The highest BCUT2D eigenvalue weighted by Crippen LogP contribution is 2.20. The van der Waals surface area contributed by atoms with Gasteiger partial charge in [-0.3, -0.25) is 0 Å². The predicted octanol–water partition coefficient (Wildman–Crippen LogP) is 3.70. The average Bonchev–Trinajstić information content (AvgIpc) is 2.17. The molecule has 0 N–H and O–H groups in total. The molecule has 0 atom stereocenters. The fourth-order valence-electron chi connectivity index (χ4n) is 0.970. The minimum absolute atomic E-state index is 0.462. The van der Waals surface area contributed by atoms with Crippen LogP contribution in [-0.4, -0.2) is 13.0 Å². The van der Waals surface area contributed by atoms with Gasteiger partial charge >= 0.3 is 0 Å². The Labute approximate surface area is 89.5 Å². The monoisotopic (exact) mass is 262 g/mol. The van der Waals surface area contributed by atoms with Crippen LogP contribution in [0.3, 0.4) is 0 Å². The third-order valence-electron chi connectivity index (χ3n) is 1.53. The largest absolute Gasteiger partial charge is 0.487 e. The summed E-state index contributed by atoms with van der Waals surface area (Å²) in [6.45, 7) is -0.576. The van der Waals surface area contributed by atoms with Crippen molar-refractivity contribution < 1.29 is 13.5 Å². The van der Waals surface area contributed by atoms with Gasteiger partial charge in [0, 0.05) is 5.56 Å². The normalized spacial score (nSPS) is 11.1. The number of rotatable bonds is 4. The molecule has 0 saturated heterocycles. The van der Waals surface area contributed by atoms with Crippen LogP contribution in [0.1, 0.15) is 5.56 Å². The fourth-order valence-corrected chi connectivity index (χ4v) is 1.26. The molecule has 0 aliphatic carbocycles. The van der Waals surface area contributed by atoms with Crippen molar-refractivity contribution in [2.75, 3.05) is 6.61 Å². The molecule has 0 aromatic heterocycles. The van der Waals surface area contributed by atoms with Crippen LogP contribution >= 0.6 is 15.9 Å². The van der Waals surface area contributed by atoms with Gasteiger partial charge < -0.3 is 4.74 Å². The van der Waals surface area contributed by atoms with E-state index >= 15 is 0 Å². The highest BCUT2D eigenvalue weighted by molar-refractivity contribution is 9.11. The molecule has 0 unspecified atom stereocenters. The molecule has 1 rings (SSSR count). The van der Waals surface area contributed by atoms with Crippen molar-refractivity contribution in [3.63, 3.8) is 0 Å². The second-order valence-corrected chi connectivity index (χ2v) is 3.06. The summed E-state index contributed by atoms with van der Waals surface area (Å²) in [6, 6.07) is 7.01. The lowest BCUT2D eigenvalue weighted by Crippen LogP contribution is -2.07. The molecular formula is C10H9BrF2O. The molecule has 0 radical (unpaired) electrons. The first kappa shape index (κ1) is 11.2. The molecule has 0 amide bonds. The van der Waals surface area contributed by atoms with E-state index in [2.05, 4.69) is 15.9 Å². The van der Waals surface area contributed by atoms with Crippen LogP contribution in [0.4, 0.5) is 8.78 Å². The molecule has 0 aliphatic heterocycles. The number of benzene rings is 1. The Kier molecular flexibility index (Phi) is 4.59. The Balaban J connectivity index is 2.74. The number of alkyl halides is 2. The zero-order valence-electron chi connectivity index (χ0n) is 7.29. The molecule has 4 heteroatoms. The zero-order valence-corrected chi connectivity index (χ0v) is 8.88. The van der Waals surface area contributed by atoms with Crippen LogP contribution in [0.25, 0.3) is 6.08 Å². The summed E-state index contributed by atoms with van der Waals surface area (Å²) in [4.78, 5) is 1.65. The topological polar surface area (TPSA) is 9.23 Å². The summed E-state index contributed by atoms with van der Waals surface area (Å²) in [5.41, 5.74) is 0.769. The van der Waals surface area contributed by atoms with E-state index in [1.807, 2.05) is 6.07 Å². The predicted molar refractivity (Wildman–Crippen MR) is 55.9 cm³/mol. The lowest BCUT2D eigenvalue weighted by Gasteiger charge is -2.07. The molecule has 1 aromatic carbocycles. The summed E-state index contributed by atoms with van der Waals surface area (Å²) < 4.78 is 28.7. The molecule has 1 nitrogen and oxygen atoms in total. The standard InChI is InChI=1S/C10H9BrF2O/c11-6-5-8-3-1-2-4-9(8)14-7-10(12)13/h1-6,10H,7H2/b6-5+. The Morgan fingerprint density at radius 3 is 2.71 bits per heavy atom. The first-order chi connectivity index (χ1) is 6.74. The SMILES string of the molecule is FC(F)COc1ccccc1/C=C/Br. The van der Waals surface area contributed by atoms with Crippen LogP contribution in [-0.2, 0) is 0 Å². The van der Waals surface area contributed by atoms with Gasteiger partial charge in [-0.1, -0.05) is 34.1 Å². The summed E-state index contributed by atoms with van der Waals surface area (Å²) in [5, 5.41) is 0. The third-order valence-corrected chi connectivity index (χ3v) is 1.79. The van der Waals surface area contributed by atoms with E-state index in [9.17, 15) is 8.78 Å². The van der Waals surface area contributed by atoms with E-state index in [0.29, 0.717) is 5.75 Å².